The van der Waals surface area contributed by atoms with Crippen molar-refractivity contribution in [3.05, 3.63) is 28.8 Å². The SMILES string of the molecule is CCNC(C)c1ccc(N2CCCC(CO)C2)c(Cl)c1. The van der Waals surface area contributed by atoms with E-state index < -0.39 is 0 Å². The van der Waals surface area contributed by atoms with Crippen molar-refractivity contribution >= 4 is 17.3 Å². The molecule has 0 spiro atoms. The minimum Gasteiger partial charge on any atom is -0.396 e. The van der Waals surface area contributed by atoms with Gasteiger partial charge in [0.1, 0.15) is 0 Å². The lowest BCUT2D eigenvalue weighted by molar-refractivity contribution is 0.209. The van der Waals surface area contributed by atoms with E-state index in [2.05, 4.69) is 42.3 Å². The first kappa shape index (κ1) is 15.6. The van der Waals surface area contributed by atoms with Crippen molar-refractivity contribution in [2.75, 3.05) is 31.1 Å². The highest BCUT2D eigenvalue weighted by molar-refractivity contribution is 6.33. The highest BCUT2D eigenvalue weighted by atomic mass is 35.5. The molecule has 1 aromatic carbocycles. The number of hydrogen-bond donors (Lipinski definition) is 2. The smallest absolute Gasteiger partial charge is 0.0642 e. The van der Waals surface area contributed by atoms with E-state index in [1.54, 1.807) is 0 Å². The summed E-state index contributed by atoms with van der Waals surface area (Å²) >= 11 is 6.47. The molecule has 1 fully saturated rings. The lowest BCUT2D eigenvalue weighted by atomic mass is 9.98. The van der Waals surface area contributed by atoms with Gasteiger partial charge in [-0.05, 0) is 49.9 Å². The maximum absolute atomic E-state index is 9.33. The second-order valence-corrected chi connectivity index (χ2v) is 6.03. The van der Waals surface area contributed by atoms with Crippen molar-refractivity contribution in [1.82, 2.24) is 5.32 Å². The molecule has 2 rings (SSSR count). The van der Waals surface area contributed by atoms with E-state index in [1.807, 2.05) is 0 Å². The Morgan fingerprint density at radius 2 is 2.30 bits per heavy atom. The minimum absolute atomic E-state index is 0.268. The molecular weight excluding hydrogens is 272 g/mol. The third kappa shape index (κ3) is 3.66. The van der Waals surface area contributed by atoms with Crippen molar-refractivity contribution < 1.29 is 5.11 Å². The van der Waals surface area contributed by atoms with Crippen LogP contribution < -0.4 is 10.2 Å². The second kappa shape index (κ2) is 7.30. The first-order valence-electron chi connectivity index (χ1n) is 7.54. The van der Waals surface area contributed by atoms with Crippen molar-refractivity contribution in [2.24, 2.45) is 5.92 Å². The van der Waals surface area contributed by atoms with Gasteiger partial charge in [-0.15, -0.1) is 0 Å². The quantitative estimate of drug-likeness (QED) is 0.876. The fourth-order valence-electron chi connectivity index (χ4n) is 2.91. The molecule has 112 valence electrons. The van der Waals surface area contributed by atoms with E-state index in [0.29, 0.717) is 12.0 Å². The molecule has 20 heavy (non-hydrogen) atoms. The van der Waals surface area contributed by atoms with Crippen LogP contribution in [0.2, 0.25) is 5.02 Å². The number of benzene rings is 1. The Kier molecular flexibility index (Phi) is 5.70. The molecule has 1 saturated heterocycles. The molecule has 0 aromatic heterocycles. The molecule has 0 aliphatic carbocycles. The first-order chi connectivity index (χ1) is 9.65. The fraction of sp³-hybridized carbons (Fsp3) is 0.625. The molecule has 1 heterocycles. The van der Waals surface area contributed by atoms with Crippen molar-refractivity contribution in [2.45, 2.75) is 32.7 Å². The topological polar surface area (TPSA) is 35.5 Å². The molecule has 0 radical (unpaired) electrons. The number of hydrogen-bond acceptors (Lipinski definition) is 3. The summed E-state index contributed by atoms with van der Waals surface area (Å²) in [5.74, 6) is 0.375. The van der Waals surface area contributed by atoms with Gasteiger partial charge >= 0.3 is 0 Å². The van der Waals surface area contributed by atoms with Crippen LogP contribution in [0.3, 0.4) is 0 Å². The van der Waals surface area contributed by atoms with Crippen molar-refractivity contribution in [3.8, 4) is 0 Å². The van der Waals surface area contributed by atoms with E-state index in [0.717, 1.165) is 43.2 Å². The normalized spacial score (nSPS) is 21.0. The minimum atomic E-state index is 0.268. The molecule has 1 aromatic rings. The third-order valence-electron chi connectivity index (χ3n) is 4.10. The van der Waals surface area contributed by atoms with Crippen LogP contribution in [0.4, 0.5) is 5.69 Å². The Balaban J connectivity index is 2.13. The molecule has 1 aliphatic heterocycles. The molecular formula is C16H25ClN2O. The lowest BCUT2D eigenvalue weighted by Gasteiger charge is -2.34. The Morgan fingerprint density at radius 1 is 1.50 bits per heavy atom. The largest absolute Gasteiger partial charge is 0.396 e. The molecule has 4 heteroatoms. The van der Waals surface area contributed by atoms with E-state index >= 15 is 0 Å². The Morgan fingerprint density at radius 3 is 2.95 bits per heavy atom. The third-order valence-corrected chi connectivity index (χ3v) is 4.40. The second-order valence-electron chi connectivity index (χ2n) is 5.63. The van der Waals surface area contributed by atoms with Crippen LogP contribution in [0.25, 0.3) is 0 Å². The number of aliphatic hydroxyl groups is 1. The number of aliphatic hydroxyl groups excluding tert-OH is 1. The molecule has 0 bridgehead atoms. The van der Waals surface area contributed by atoms with Crippen LogP contribution in [-0.2, 0) is 0 Å². The number of rotatable bonds is 5. The predicted octanol–water partition coefficient (Wildman–Crippen LogP) is 3.22. The molecule has 0 saturated carbocycles. The van der Waals surface area contributed by atoms with Gasteiger partial charge in [0.2, 0.25) is 0 Å². The van der Waals surface area contributed by atoms with Gasteiger partial charge in [0.05, 0.1) is 10.7 Å². The predicted molar refractivity (Wildman–Crippen MR) is 85.6 cm³/mol. The number of nitrogens with zero attached hydrogens (tertiary/aromatic N) is 1. The first-order valence-corrected chi connectivity index (χ1v) is 7.92. The molecule has 1 aliphatic rings. The lowest BCUT2D eigenvalue weighted by Crippen LogP contribution is -2.37. The summed E-state index contributed by atoms with van der Waals surface area (Å²) in [6.45, 7) is 7.40. The van der Waals surface area contributed by atoms with E-state index in [9.17, 15) is 5.11 Å². The zero-order valence-electron chi connectivity index (χ0n) is 12.4. The van der Waals surface area contributed by atoms with Crippen molar-refractivity contribution in [1.29, 1.82) is 0 Å². The number of anilines is 1. The van der Waals surface area contributed by atoms with Gasteiger partial charge in [-0.25, -0.2) is 0 Å². The maximum Gasteiger partial charge on any atom is 0.0642 e. The van der Waals surface area contributed by atoms with Gasteiger partial charge in [0.15, 0.2) is 0 Å². The van der Waals surface area contributed by atoms with Gasteiger partial charge in [-0.3, -0.25) is 0 Å². The Bertz CT molecular complexity index is 438. The highest BCUT2D eigenvalue weighted by Gasteiger charge is 2.21. The van der Waals surface area contributed by atoms with Gasteiger partial charge < -0.3 is 15.3 Å². The zero-order chi connectivity index (χ0) is 14.5. The standard InChI is InChI=1S/C16H25ClN2O/c1-3-18-12(2)14-6-7-16(15(17)9-14)19-8-4-5-13(10-19)11-20/h6-7,9,12-13,18,20H,3-5,8,10-11H2,1-2H3. The Hall–Kier alpha value is -0.770. The average molecular weight is 297 g/mol. The summed E-state index contributed by atoms with van der Waals surface area (Å²) in [4.78, 5) is 2.30. The van der Waals surface area contributed by atoms with Crippen molar-refractivity contribution in [3.63, 3.8) is 0 Å². The summed E-state index contributed by atoms with van der Waals surface area (Å²) in [5.41, 5.74) is 2.31. The molecule has 0 amide bonds. The monoisotopic (exact) mass is 296 g/mol. The van der Waals surface area contributed by atoms with E-state index in [4.69, 9.17) is 11.6 Å². The van der Waals surface area contributed by atoms with E-state index in [-0.39, 0.29) is 6.61 Å². The van der Waals surface area contributed by atoms with Crippen LogP contribution in [0.1, 0.15) is 38.3 Å². The zero-order valence-corrected chi connectivity index (χ0v) is 13.2. The fourth-order valence-corrected chi connectivity index (χ4v) is 3.21. The Labute approximate surface area is 126 Å². The van der Waals surface area contributed by atoms with Gasteiger partial charge in [0.25, 0.3) is 0 Å². The van der Waals surface area contributed by atoms with Gasteiger partial charge in [-0.2, -0.15) is 0 Å². The molecule has 2 unspecified atom stereocenters. The molecule has 2 atom stereocenters. The van der Waals surface area contributed by atoms with Crippen LogP contribution >= 0.6 is 11.6 Å². The summed E-state index contributed by atoms with van der Waals surface area (Å²) in [7, 11) is 0. The van der Waals surface area contributed by atoms with Gasteiger partial charge in [-0.1, -0.05) is 24.6 Å². The summed E-state index contributed by atoms with van der Waals surface area (Å²) in [6, 6.07) is 6.65. The summed E-state index contributed by atoms with van der Waals surface area (Å²) in [5, 5.41) is 13.5. The number of halogens is 1. The summed E-state index contributed by atoms with van der Waals surface area (Å²) in [6.07, 6.45) is 2.23. The average Bonchev–Trinajstić information content (AvgIpc) is 2.47. The van der Waals surface area contributed by atoms with E-state index in [1.165, 1.54) is 5.56 Å². The maximum atomic E-state index is 9.33. The van der Waals surface area contributed by atoms with Gasteiger partial charge in [0, 0.05) is 25.7 Å². The number of piperidine rings is 1. The van der Waals surface area contributed by atoms with Crippen LogP contribution in [-0.4, -0.2) is 31.3 Å². The molecule has 3 nitrogen and oxygen atoms in total. The highest BCUT2D eigenvalue weighted by Crippen LogP contribution is 2.31. The van der Waals surface area contributed by atoms with Crippen LogP contribution in [0.15, 0.2) is 18.2 Å². The van der Waals surface area contributed by atoms with Crippen LogP contribution in [0.5, 0.6) is 0 Å². The van der Waals surface area contributed by atoms with Crippen LogP contribution in [0, 0.1) is 5.92 Å². The number of nitrogens with one attached hydrogen (secondary N) is 1. The summed E-state index contributed by atoms with van der Waals surface area (Å²) < 4.78 is 0. The molecule has 2 N–H and O–H groups in total.